The molecule has 0 saturated heterocycles. The van der Waals surface area contributed by atoms with Gasteiger partial charge in [0.2, 0.25) is 10.0 Å². The van der Waals surface area contributed by atoms with Crippen molar-refractivity contribution in [3.8, 4) is 0 Å². The van der Waals surface area contributed by atoms with Crippen LogP contribution in [0.15, 0.2) is 17.0 Å². The fraction of sp³-hybridized carbons (Fsp3) is 0.571. The molecule has 0 unspecified atom stereocenters. The maximum Gasteiger partial charge on any atom is 0.240 e. The molecule has 4 nitrogen and oxygen atoms in total. The number of rotatable bonds is 5. The summed E-state index contributed by atoms with van der Waals surface area (Å²) in [5, 5.41) is 0. The summed E-state index contributed by atoms with van der Waals surface area (Å²) in [4.78, 5) is 0.368. The number of sulfonamides is 1. The zero-order chi connectivity index (χ0) is 14.0. The summed E-state index contributed by atoms with van der Waals surface area (Å²) in [6.45, 7) is 4.66. The third-order valence-electron chi connectivity index (χ3n) is 3.99. The molecule has 0 amide bonds. The molecule has 19 heavy (non-hydrogen) atoms. The summed E-state index contributed by atoms with van der Waals surface area (Å²) >= 11 is 0. The monoisotopic (exact) mass is 282 g/mol. The quantitative estimate of drug-likeness (QED) is 0.865. The van der Waals surface area contributed by atoms with Gasteiger partial charge in [0.25, 0.3) is 0 Å². The van der Waals surface area contributed by atoms with Crippen molar-refractivity contribution in [2.24, 2.45) is 11.7 Å². The van der Waals surface area contributed by atoms with Gasteiger partial charge < -0.3 is 5.73 Å². The zero-order valence-corrected chi connectivity index (χ0v) is 12.4. The van der Waals surface area contributed by atoms with Crippen molar-refractivity contribution >= 4 is 10.0 Å². The Morgan fingerprint density at radius 1 is 1.32 bits per heavy atom. The van der Waals surface area contributed by atoms with Crippen molar-refractivity contribution in [1.82, 2.24) is 4.72 Å². The maximum absolute atomic E-state index is 12.4. The molecule has 2 rings (SSSR count). The van der Waals surface area contributed by atoms with E-state index in [4.69, 9.17) is 5.73 Å². The van der Waals surface area contributed by atoms with Crippen LogP contribution in [0.25, 0.3) is 0 Å². The minimum atomic E-state index is -3.42. The van der Waals surface area contributed by atoms with Gasteiger partial charge in [0.1, 0.15) is 0 Å². The molecule has 1 aromatic rings. The predicted octanol–water partition coefficient (Wildman–Crippen LogP) is 1.84. The van der Waals surface area contributed by atoms with Crippen LogP contribution >= 0.6 is 0 Å². The summed E-state index contributed by atoms with van der Waals surface area (Å²) in [5.74, 6) is 0.508. The van der Waals surface area contributed by atoms with Crippen molar-refractivity contribution in [1.29, 1.82) is 0 Å². The molecule has 1 aliphatic carbocycles. The Hall–Kier alpha value is -0.910. The first-order valence-electron chi connectivity index (χ1n) is 6.74. The second-order valence-electron chi connectivity index (χ2n) is 5.39. The first-order chi connectivity index (χ1) is 8.94. The third-order valence-corrected chi connectivity index (χ3v) is 5.54. The van der Waals surface area contributed by atoms with Crippen molar-refractivity contribution < 1.29 is 8.42 Å². The van der Waals surface area contributed by atoms with Crippen LogP contribution in [0.1, 0.15) is 36.0 Å². The van der Waals surface area contributed by atoms with Crippen LogP contribution in [0.3, 0.4) is 0 Å². The molecule has 0 radical (unpaired) electrons. The van der Waals surface area contributed by atoms with Gasteiger partial charge in [-0.2, -0.15) is 0 Å². The van der Waals surface area contributed by atoms with Crippen LogP contribution < -0.4 is 10.5 Å². The van der Waals surface area contributed by atoms with Crippen LogP contribution in [0, 0.1) is 19.8 Å². The highest BCUT2D eigenvalue weighted by Gasteiger charge is 2.23. The molecular formula is C14H22N2O2S. The number of nitrogens with two attached hydrogens (primary N) is 1. The molecule has 1 aromatic carbocycles. The highest BCUT2D eigenvalue weighted by Crippen LogP contribution is 2.26. The number of aryl methyl sites for hydroxylation is 1. The van der Waals surface area contributed by atoms with E-state index in [1.165, 1.54) is 6.42 Å². The summed E-state index contributed by atoms with van der Waals surface area (Å²) in [6.07, 6.45) is 3.47. The van der Waals surface area contributed by atoms with Crippen LogP contribution in [0.2, 0.25) is 0 Å². The highest BCUT2D eigenvalue weighted by atomic mass is 32.2. The lowest BCUT2D eigenvalue weighted by atomic mass is 9.86. The van der Waals surface area contributed by atoms with Crippen LogP contribution in [0.4, 0.5) is 0 Å². The van der Waals surface area contributed by atoms with Crippen LogP contribution in [-0.2, 0) is 16.6 Å². The van der Waals surface area contributed by atoms with Gasteiger partial charge in [-0.25, -0.2) is 13.1 Å². The molecule has 5 heteroatoms. The second kappa shape index (κ2) is 5.61. The maximum atomic E-state index is 12.4. The molecule has 3 N–H and O–H groups in total. The molecule has 1 saturated carbocycles. The van der Waals surface area contributed by atoms with Crippen LogP contribution in [-0.4, -0.2) is 15.0 Å². The van der Waals surface area contributed by atoms with Gasteiger partial charge in [0.15, 0.2) is 0 Å². The number of hydrogen-bond donors (Lipinski definition) is 2. The fourth-order valence-corrected chi connectivity index (χ4v) is 3.78. The van der Waals surface area contributed by atoms with Gasteiger partial charge in [-0.3, -0.25) is 0 Å². The van der Waals surface area contributed by atoms with E-state index >= 15 is 0 Å². The number of benzene rings is 1. The Bertz CT molecular complexity index is 563. The summed E-state index contributed by atoms with van der Waals surface area (Å²) < 4.78 is 27.5. The molecule has 0 atom stereocenters. The molecule has 0 heterocycles. The summed E-state index contributed by atoms with van der Waals surface area (Å²) in [5.41, 5.74) is 8.24. The van der Waals surface area contributed by atoms with Gasteiger partial charge >= 0.3 is 0 Å². The van der Waals surface area contributed by atoms with E-state index in [0.29, 0.717) is 23.9 Å². The summed E-state index contributed by atoms with van der Waals surface area (Å²) in [7, 11) is -3.42. The van der Waals surface area contributed by atoms with E-state index in [1.54, 1.807) is 6.07 Å². The second-order valence-corrected chi connectivity index (χ2v) is 7.12. The van der Waals surface area contributed by atoms with Crippen LogP contribution in [0.5, 0.6) is 0 Å². The smallest absolute Gasteiger partial charge is 0.240 e. The average molecular weight is 282 g/mol. The number of hydrogen-bond acceptors (Lipinski definition) is 3. The summed E-state index contributed by atoms with van der Waals surface area (Å²) in [6, 6.07) is 3.63. The molecule has 0 spiro atoms. The Morgan fingerprint density at radius 3 is 2.53 bits per heavy atom. The normalized spacial score (nSPS) is 16.4. The van der Waals surface area contributed by atoms with E-state index in [9.17, 15) is 8.42 Å². The van der Waals surface area contributed by atoms with E-state index < -0.39 is 10.0 Å². The lowest BCUT2D eigenvalue weighted by Gasteiger charge is -2.25. The zero-order valence-electron chi connectivity index (χ0n) is 11.6. The third kappa shape index (κ3) is 3.16. The first-order valence-corrected chi connectivity index (χ1v) is 8.22. The van der Waals surface area contributed by atoms with E-state index in [0.717, 1.165) is 29.5 Å². The Balaban J connectivity index is 2.25. The topological polar surface area (TPSA) is 72.2 Å². The van der Waals surface area contributed by atoms with Crippen molar-refractivity contribution in [3.63, 3.8) is 0 Å². The molecular weight excluding hydrogens is 260 g/mol. The van der Waals surface area contributed by atoms with Gasteiger partial charge in [0.05, 0.1) is 4.90 Å². The highest BCUT2D eigenvalue weighted by molar-refractivity contribution is 7.89. The standard InChI is InChI=1S/C14H22N2O2S/c1-10-6-13(8-15)7-14(11(10)2)19(17,18)16-9-12-4-3-5-12/h6-7,12,16H,3-5,8-9,15H2,1-2H3. The molecule has 1 aliphatic rings. The van der Waals surface area contributed by atoms with Gasteiger partial charge in [0, 0.05) is 13.1 Å². The van der Waals surface area contributed by atoms with Crippen molar-refractivity contribution in [3.05, 3.63) is 28.8 Å². The minimum absolute atomic E-state index is 0.353. The fourth-order valence-electron chi connectivity index (χ4n) is 2.30. The molecule has 0 aromatic heterocycles. The molecule has 106 valence electrons. The molecule has 0 bridgehead atoms. The Labute approximate surface area is 115 Å². The van der Waals surface area contributed by atoms with E-state index in [2.05, 4.69) is 4.72 Å². The SMILES string of the molecule is Cc1cc(CN)cc(S(=O)(=O)NCC2CCC2)c1C. The van der Waals surface area contributed by atoms with Crippen molar-refractivity contribution in [2.75, 3.05) is 6.54 Å². The number of nitrogens with one attached hydrogen (secondary N) is 1. The minimum Gasteiger partial charge on any atom is -0.326 e. The van der Waals surface area contributed by atoms with E-state index in [1.807, 2.05) is 19.9 Å². The van der Waals surface area contributed by atoms with Crippen molar-refractivity contribution in [2.45, 2.75) is 44.6 Å². The van der Waals surface area contributed by atoms with Gasteiger partial charge in [-0.05, 0) is 55.4 Å². The molecule has 0 aliphatic heterocycles. The largest absolute Gasteiger partial charge is 0.326 e. The molecule has 1 fully saturated rings. The van der Waals surface area contributed by atoms with Gasteiger partial charge in [-0.15, -0.1) is 0 Å². The Kier molecular flexibility index (Phi) is 4.28. The lowest BCUT2D eigenvalue weighted by molar-refractivity contribution is 0.316. The van der Waals surface area contributed by atoms with Gasteiger partial charge in [-0.1, -0.05) is 12.5 Å². The average Bonchev–Trinajstić information content (AvgIpc) is 2.30. The Morgan fingerprint density at radius 2 is 2.00 bits per heavy atom. The predicted molar refractivity (Wildman–Crippen MR) is 76.3 cm³/mol. The lowest BCUT2D eigenvalue weighted by Crippen LogP contribution is -2.32. The first kappa shape index (κ1) is 14.5. The van der Waals surface area contributed by atoms with E-state index in [-0.39, 0.29) is 0 Å².